The van der Waals surface area contributed by atoms with E-state index in [1.165, 1.54) is 44.9 Å². The van der Waals surface area contributed by atoms with Gasteiger partial charge in [-0.05, 0) is 50.9 Å². The smallest absolute Gasteiger partial charge is 0.0706 e. The van der Waals surface area contributed by atoms with E-state index in [2.05, 4.69) is 6.92 Å². The first kappa shape index (κ1) is 8.28. The summed E-state index contributed by atoms with van der Waals surface area (Å²) < 4.78 is 0. The van der Waals surface area contributed by atoms with Gasteiger partial charge in [0.05, 0.1) is 5.60 Å². The van der Waals surface area contributed by atoms with E-state index in [0.29, 0.717) is 11.3 Å². The second-order valence-corrected chi connectivity index (χ2v) is 5.72. The van der Waals surface area contributed by atoms with Crippen molar-refractivity contribution in [2.24, 2.45) is 17.3 Å². The zero-order valence-electron chi connectivity index (χ0n) is 8.55. The van der Waals surface area contributed by atoms with Gasteiger partial charge in [0.15, 0.2) is 0 Å². The Balaban J connectivity index is 2.02. The molecule has 1 heteroatoms. The van der Waals surface area contributed by atoms with Crippen LogP contribution in [0.4, 0.5) is 0 Å². The highest BCUT2D eigenvalue weighted by atomic mass is 16.3. The fourth-order valence-corrected chi connectivity index (χ4v) is 4.73. The average molecular weight is 180 g/mol. The lowest BCUT2D eigenvalue weighted by Crippen LogP contribution is -2.48. The summed E-state index contributed by atoms with van der Waals surface area (Å²) in [4.78, 5) is 0. The van der Waals surface area contributed by atoms with Crippen LogP contribution < -0.4 is 0 Å². The molecule has 0 aromatic carbocycles. The Morgan fingerprint density at radius 3 is 2.23 bits per heavy atom. The summed E-state index contributed by atoms with van der Waals surface area (Å²) in [5.41, 5.74) is 0.0440. The molecule has 2 bridgehead atoms. The lowest BCUT2D eigenvalue weighted by molar-refractivity contribution is -0.106. The van der Waals surface area contributed by atoms with E-state index in [4.69, 9.17) is 0 Å². The molecule has 3 rings (SSSR count). The predicted octanol–water partition coefficient (Wildman–Crippen LogP) is 2.73. The van der Waals surface area contributed by atoms with Crippen molar-refractivity contribution in [3.8, 4) is 0 Å². The number of fused-ring (bicyclic) bond motifs is 3. The monoisotopic (exact) mass is 180 g/mol. The molecule has 0 radical (unpaired) electrons. The van der Waals surface area contributed by atoms with Gasteiger partial charge in [0.1, 0.15) is 0 Å². The van der Waals surface area contributed by atoms with E-state index in [9.17, 15) is 5.11 Å². The van der Waals surface area contributed by atoms with Crippen LogP contribution in [0.25, 0.3) is 0 Å². The lowest BCUT2D eigenvalue weighted by atomic mass is 9.63. The average Bonchev–Trinajstić information content (AvgIpc) is 2.75. The van der Waals surface area contributed by atoms with E-state index in [1.807, 2.05) is 0 Å². The zero-order valence-corrected chi connectivity index (χ0v) is 8.55. The van der Waals surface area contributed by atoms with Crippen LogP contribution in [0.5, 0.6) is 0 Å². The Morgan fingerprint density at radius 1 is 1.08 bits per heavy atom. The van der Waals surface area contributed by atoms with Gasteiger partial charge in [0.2, 0.25) is 0 Å². The molecule has 0 amide bonds. The topological polar surface area (TPSA) is 20.2 Å². The minimum absolute atomic E-state index is 0.313. The van der Waals surface area contributed by atoms with Gasteiger partial charge in [-0.3, -0.25) is 0 Å². The first-order chi connectivity index (χ1) is 6.17. The number of hydrogen-bond donors (Lipinski definition) is 1. The van der Waals surface area contributed by atoms with Crippen LogP contribution in [-0.4, -0.2) is 10.7 Å². The van der Waals surface area contributed by atoms with E-state index >= 15 is 0 Å². The molecule has 3 aliphatic carbocycles. The van der Waals surface area contributed by atoms with Gasteiger partial charge in [0, 0.05) is 5.41 Å². The SMILES string of the molecule is CC1(O)[C@@H]2CC[C@@H](C2)C12CCCC2. The van der Waals surface area contributed by atoms with Gasteiger partial charge >= 0.3 is 0 Å². The first-order valence-corrected chi connectivity index (χ1v) is 5.89. The van der Waals surface area contributed by atoms with Crippen LogP contribution in [0.15, 0.2) is 0 Å². The highest BCUT2D eigenvalue weighted by Gasteiger charge is 2.64. The van der Waals surface area contributed by atoms with Crippen molar-refractivity contribution in [1.29, 1.82) is 0 Å². The molecule has 13 heavy (non-hydrogen) atoms. The van der Waals surface area contributed by atoms with Crippen LogP contribution >= 0.6 is 0 Å². The van der Waals surface area contributed by atoms with Crippen LogP contribution in [0.3, 0.4) is 0 Å². The van der Waals surface area contributed by atoms with Crippen molar-refractivity contribution < 1.29 is 5.11 Å². The summed E-state index contributed by atoms with van der Waals surface area (Å²) in [6.45, 7) is 2.13. The summed E-state index contributed by atoms with van der Waals surface area (Å²) in [6.07, 6.45) is 9.36. The molecule has 3 aliphatic rings. The van der Waals surface area contributed by atoms with Gasteiger partial charge in [-0.2, -0.15) is 0 Å². The predicted molar refractivity (Wildman–Crippen MR) is 52.4 cm³/mol. The Morgan fingerprint density at radius 2 is 1.69 bits per heavy atom. The summed E-state index contributed by atoms with van der Waals surface area (Å²) >= 11 is 0. The van der Waals surface area contributed by atoms with Crippen LogP contribution in [-0.2, 0) is 0 Å². The van der Waals surface area contributed by atoms with Crippen molar-refractivity contribution >= 4 is 0 Å². The standard InChI is InChI=1S/C12H20O/c1-11(13)9-4-5-10(8-9)12(11)6-2-3-7-12/h9-10,13H,2-8H2,1H3/t9-,10+,11?/m1/s1. The number of hydrogen-bond acceptors (Lipinski definition) is 1. The molecule has 1 N–H and O–H groups in total. The molecule has 1 spiro atoms. The van der Waals surface area contributed by atoms with E-state index in [-0.39, 0.29) is 5.60 Å². The van der Waals surface area contributed by atoms with E-state index in [0.717, 1.165) is 5.92 Å². The molecule has 1 nitrogen and oxygen atoms in total. The largest absolute Gasteiger partial charge is 0.389 e. The Kier molecular flexibility index (Phi) is 1.47. The molecule has 3 saturated carbocycles. The Labute approximate surface area is 80.5 Å². The van der Waals surface area contributed by atoms with Crippen LogP contribution in [0, 0.1) is 17.3 Å². The molecule has 0 saturated heterocycles. The molecule has 0 aromatic rings. The number of aliphatic hydroxyl groups is 1. The molecule has 0 aromatic heterocycles. The molecule has 3 atom stereocenters. The van der Waals surface area contributed by atoms with E-state index < -0.39 is 0 Å². The normalized spacial score (nSPS) is 52.2. The second kappa shape index (κ2) is 2.31. The quantitative estimate of drug-likeness (QED) is 0.607. The zero-order chi connectivity index (χ0) is 9.10. The van der Waals surface area contributed by atoms with Crippen molar-refractivity contribution in [1.82, 2.24) is 0 Å². The molecular formula is C12H20O. The minimum Gasteiger partial charge on any atom is -0.389 e. The fourth-order valence-electron chi connectivity index (χ4n) is 4.73. The van der Waals surface area contributed by atoms with Crippen molar-refractivity contribution in [3.05, 3.63) is 0 Å². The molecular weight excluding hydrogens is 160 g/mol. The van der Waals surface area contributed by atoms with Crippen molar-refractivity contribution in [2.75, 3.05) is 0 Å². The second-order valence-electron chi connectivity index (χ2n) is 5.72. The van der Waals surface area contributed by atoms with Crippen LogP contribution in [0.1, 0.15) is 51.9 Å². The number of rotatable bonds is 0. The highest BCUT2D eigenvalue weighted by molar-refractivity contribution is 5.14. The summed E-state index contributed by atoms with van der Waals surface area (Å²) in [7, 11) is 0. The summed E-state index contributed by atoms with van der Waals surface area (Å²) in [6, 6.07) is 0. The fraction of sp³-hybridized carbons (Fsp3) is 1.00. The van der Waals surface area contributed by atoms with Crippen molar-refractivity contribution in [2.45, 2.75) is 57.5 Å². The maximum absolute atomic E-state index is 10.6. The van der Waals surface area contributed by atoms with E-state index in [1.54, 1.807) is 0 Å². The summed E-state index contributed by atoms with van der Waals surface area (Å²) in [5.74, 6) is 1.51. The van der Waals surface area contributed by atoms with Gasteiger partial charge in [0.25, 0.3) is 0 Å². The van der Waals surface area contributed by atoms with Gasteiger partial charge < -0.3 is 5.11 Å². The maximum Gasteiger partial charge on any atom is 0.0706 e. The van der Waals surface area contributed by atoms with Gasteiger partial charge in [-0.15, -0.1) is 0 Å². The molecule has 1 unspecified atom stereocenters. The minimum atomic E-state index is -0.313. The first-order valence-electron chi connectivity index (χ1n) is 5.89. The Bertz CT molecular complexity index is 225. The third-order valence-corrected chi connectivity index (χ3v) is 5.51. The highest BCUT2D eigenvalue weighted by Crippen LogP contribution is 2.67. The van der Waals surface area contributed by atoms with Gasteiger partial charge in [-0.25, -0.2) is 0 Å². The van der Waals surface area contributed by atoms with Crippen molar-refractivity contribution in [3.63, 3.8) is 0 Å². The molecule has 3 fully saturated rings. The third-order valence-electron chi connectivity index (χ3n) is 5.51. The van der Waals surface area contributed by atoms with Gasteiger partial charge in [-0.1, -0.05) is 12.8 Å². The maximum atomic E-state index is 10.6. The third kappa shape index (κ3) is 0.782. The molecule has 74 valence electrons. The lowest BCUT2D eigenvalue weighted by Gasteiger charge is -2.46. The summed E-state index contributed by atoms with van der Waals surface area (Å²) in [5, 5.41) is 10.6. The van der Waals surface area contributed by atoms with Crippen LogP contribution in [0.2, 0.25) is 0 Å². The molecule has 0 aliphatic heterocycles. The Hall–Kier alpha value is -0.0400. The molecule has 0 heterocycles.